The van der Waals surface area contributed by atoms with Crippen molar-refractivity contribution in [2.75, 3.05) is 6.61 Å². The zero-order valence-electron chi connectivity index (χ0n) is 10.0. The van der Waals surface area contributed by atoms with E-state index in [9.17, 15) is 13.2 Å². The van der Waals surface area contributed by atoms with Crippen molar-refractivity contribution < 1.29 is 23.1 Å². The summed E-state index contributed by atoms with van der Waals surface area (Å²) in [6, 6.07) is -1.04. The predicted octanol–water partition coefficient (Wildman–Crippen LogP) is 0.337. The first-order valence-corrected chi connectivity index (χ1v) is 7.28. The molecule has 1 fully saturated rings. The Morgan fingerprint density at radius 3 is 2.65 bits per heavy atom. The minimum Gasteiger partial charge on any atom is -0.480 e. The van der Waals surface area contributed by atoms with Gasteiger partial charge in [0.2, 0.25) is 10.0 Å². The summed E-state index contributed by atoms with van der Waals surface area (Å²) in [6.07, 6.45) is 0.922. The third kappa shape index (κ3) is 3.65. The third-order valence-corrected chi connectivity index (χ3v) is 4.92. The van der Waals surface area contributed by atoms with Crippen molar-refractivity contribution in [2.24, 2.45) is 0 Å². The smallest absolute Gasteiger partial charge is 0.321 e. The van der Waals surface area contributed by atoms with Crippen LogP contribution in [0.4, 0.5) is 0 Å². The molecule has 0 spiro atoms. The van der Waals surface area contributed by atoms with E-state index >= 15 is 0 Å². The van der Waals surface area contributed by atoms with Crippen LogP contribution in [-0.2, 0) is 19.6 Å². The number of hydrogen-bond acceptors (Lipinski definition) is 4. The van der Waals surface area contributed by atoms with Crippen molar-refractivity contribution in [3.05, 3.63) is 0 Å². The molecule has 0 aliphatic carbocycles. The van der Waals surface area contributed by atoms with Crippen molar-refractivity contribution in [1.29, 1.82) is 0 Å². The topological polar surface area (TPSA) is 92.7 Å². The molecule has 0 bridgehead atoms. The lowest BCUT2D eigenvalue weighted by Crippen LogP contribution is -2.46. The molecule has 0 aromatic carbocycles. The van der Waals surface area contributed by atoms with Gasteiger partial charge in [0.05, 0.1) is 6.10 Å². The summed E-state index contributed by atoms with van der Waals surface area (Å²) in [5, 5.41) is 8.27. The lowest BCUT2D eigenvalue weighted by Gasteiger charge is -2.19. The molecule has 0 amide bonds. The number of nitrogens with one attached hydrogen (secondary N) is 1. The fourth-order valence-electron chi connectivity index (χ4n) is 1.93. The summed E-state index contributed by atoms with van der Waals surface area (Å²) in [7, 11) is -3.63. The number of aliphatic carboxylic acids is 1. The van der Waals surface area contributed by atoms with E-state index in [-0.39, 0.29) is 12.5 Å². The molecule has 2 N–H and O–H groups in total. The van der Waals surface area contributed by atoms with Crippen molar-refractivity contribution in [3.63, 3.8) is 0 Å². The molecule has 3 unspecified atom stereocenters. The minimum absolute atomic E-state index is 0.288. The van der Waals surface area contributed by atoms with Gasteiger partial charge in [-0.2, -0.15) is 0 Å². The highest BCUT2D eigenvalue weighted by Crippen LogP contribution is 2.20. The van der Waals surface area contributed by atoms with Crippen LogP contribution in [0.1, 0.15) is 33.1 Å². The van der Waals surface area contributed by atoms with E-state index in [1.807, 2.05) is 6.92 Å². The molecule has 100 valence electrons. The molecule has 1 rings (SSSR count). The first kappa shape index (κ1) is 14.4. The first-order chi connectivity index (χ1) is 7.88. The van der Waals surface area contributed by atoms with E-state index in [1.165, 1.54) is 0 Å². The SMILES string of the molecule is CCCC(NS(=O)(=O)C1CCOC1C)C(=O)O. The Balaban J connectivity index is 2.73. The number of rotatable bonds is 6. The zero-order valence-corrected chi connectivity index (χ0v) is 10.9. The number of carboxylic acids is 1. The normalized spacial score (nSPS) is 26.9. The largest absolute Gasteiger partial charge is 0.480 e. The molecule has 1 aliphatic rings. The molecule has 1 aliphatic heterocycles. The van der Waals surface area contributed by atoms with E-state index in [0.29, 0.717) is 19.4 Å². The maximum absolute atomic E-state index is 12.0. The summed E-state index contributed by atoms with van der Waals surface area (Å²) in [5.41, 5.74) is 0. The average molecular weight is 265 g/mol. The van der Waals surface area contributed by atoms with E-state index in [0.717, 1.165) is 0 Å². The van der Waals surface area contributed by atoms with Gasteiger partial charge in [-0.15, -0.1) is 0 Å². The van der Waals surface area contributed by atoms with E-state index < -0.39 is 27.3 Å². The Hall–Kier alpha value is -0.660. The van der Waals surface area contributed by atoms with Crippen LogP contribution in [0.25, 0.3) is 0 Å². The summed E-state index contributed by atoms with van der Waals surface area (Å²) < 4.78 is 31.4. The maximum atomic E-state index is 12.0. The van der Waals surface area contributed by atoms with Crippen LogP contribution in [0.2, 0.25) is 0 Å². The molecule has 1 heterocycles. The lowest BCUT2D eigenvalue weighted by atomic mass is 10.2. The first-order valence-electron chi connectivity index (χ1n) is 5.74. The molecule has 7 heteroatoms. The van der Waals surface area contributed by atoms with E-state index in [1.54, 1.807) is 6.92 Å². The van der Waals surface area contributed by atoms with Gasteiger partial charge in [0.25, 0.3) is 0 Å². The van der Waals surface area contributed by atoms with Crippen molar-refractivity contribution in [2.45, 2.75) is 50.5 Å². The van der Waals surface area contributed by atoms with Crippen LogP contribution in [0.3, 0.4) is 0 Å². The van der Waals surface area contributed by atoms with E-state index in [2.05, 4.69) is 4.72 Å². The average Bonchev–Trinajstić information content (AvgIpc) is 2.64. The van der Waals surface area contributed by atoms with Gasteiger partial charge >= 0.3 is 5.97 Å². The fourth-order valence-corrected chi connectivity index (χ4v) is 3.71. The number of sulfonamides is 1. The monoisotopic (exact) mass is 265 g/mol. The molecule has 0 aromatic heterocycles. The fraction of sp³-hybridized carbons (Fsp3) is 0.900. The van der Waals surface area contributed by atoms with Gasteiger partial charge in [0, 0.05) is 6.61 Å². The Labute approximate surface area is 101 Å². The summed E-state index contributed by atoms with van der Waals surface area (Å²) in [6.45, 7) is 3.90. The molecule has 3 atom stereocenters. The van der Waals surface area contributed by atoms with Crippen LogP contribution in [0.5, 0.6) is 0 Å². The maximum Gasteiger partial charge on any atom is 0.321 e. The standard InChI is InChI=1S/C10H19NO5S/c1-3-4-8(10(12)13)11-17(14,15)9-5-6-16-7(9)2/h7-9,11H,3-6H2,1-2H3,(H,12,13). The van der Waals surface area contributed by atoms with Crippen molar-refractivity contribution >= 4 is 16.0 Å². The molecular weight excluding hydrogens is 246 g/mol. The number of hydrogen-bond donors (Lipinski definition) is 2. The third-order valence-electron chi connectivity index (χ3n) is 2.89. The zero-order chi connectivity index (χ0) is 13.1. The van der Waals surface area contributed by atoms with Crippen molar-refractivity contribution in [3.8, 4) is 0 Å². The Bertz CT molecular complexity index is 367. The highest BCUT2D eigenvalue weighted by molar-refractivity contribution is 7.90. The Morgan fingerprint density at radius 2 is 2.24 bits per heavy atom. The molecule has 17 heavy (non-hydrogen) atoms. The van der Waals surface area contributed by atoms with Crippen molar-refractivity contribution in [1.82, 2.24) is 4.72 Å². The summed E-state index contributed by atoms with van der Waals surface area (Å²) >= 11 is 0. The molecule has 6 nitrogen and oxygen atoms in total. The number of carboxylic acid groups (broad SMARTS) is 1. The second-order valence-electron chi connectivity index (χ2n) is 4.25. The summed E-state index contributed by atoms with van der Waals surface area (Å²) in [4.78, 5) is 10.9. The van der Waals surface area contributed by atoms with Crippen LogP contribution >= 0.6 is 0 Å². The number of ether oxygens (including phenoxy) is 1. The van der Waals surface area contributed by atoms with Gasteiger partial charge in [-0.3, -0.25) is 4.79 Å². The van der Waals surface area contributed by atoms with E-state index in [4.69, 9.17) is 9.84 Å². The predicted molar refractivity (Wildman–Crippen MR) is 62.2 cm³/mol. The quantitative estimate of drug-likeness (QED) is 0.722. The van der Waals surface area contributed by atoms with Crippen LogP contribution in [-0.4, -0.2) is 43.5 Å². The van der Waals surface area contributed by atoms with Gasteiger partial charge in [0.1, 0.15) is 11.3 Å². The van der Waals surface area contributed by atoms with Crippen LogP contribution in [0, 0.1) is 0 Å². The Kier molecular flexibility index (Phi) is 4.91. The van der Waals surface area contributed by atoms with Gasteiger partial charge in [-0.1, -0.05) is 13.3 Å². The lowest BCUT2D eigenvalue weighted by molar-refractivity contribution is -0.139. The second-order valence-corrected chi connectivity index (χ2v) is 6.18. The van der Waals surface area contributed by atoms with Gasteiger partial charge in [0.15, 0.2) is 0 Å². The Morgan fingerprint density at radius 1 is 1.59 bits per heavy atom. The van der Waals surface area contributed by atoms with Gasteiger partial charge < -0.3 is 9.84 Å². The van der Waals surface area contributed by atoms with Gasteiger partial charge in [-0.25, -0.2) is 13.1 Å². The highest BCUT2D eigenvalue weighted by atomic mass is 32.2. The highest BCUT2D eigenvalue weighted by Gasteiger charge is 2.37. The van der Waals surface area contributed by atoms with Crippen LogP contribution < -0.4 is 4.72 Å². The molecule has 0 aromatic rings. The van der Waals surface area contributed by atoms with Gasteiger partial charge in [-0.05, 0) is 19.8 Å². The molecule has 1 saturated heterocycles. The molecule has 0 radical (unpaired) electrons. The second kappa shape index (κ2) is 5.79. The van der Waals surface area contributed by atoms with Crippen LogP contribution in [0.15, 0.2) is 0 Å². The molecular formula is C10H19NO5S. The minimum atomic E-state index is -3.63. The molecule has 0 saturated carbocycles. The number of carbonyl (C=O) groups is 1. The summed E-state index contributed by atoms with van der Waals surface area (Å²) in [5.74, 6) is -1.14.